The first kappa shape index (κ1) is 17.7. The van der Waals surface area contributed by atoms with Crippen molar-refractivity contribution in [3.05, 3.63) is 36.3 Å². The molecule has 4 heterocycles. The monoisotopic (exact) mass is 381 g/mol. The van der Waals surface area contributed by atoms with Crippen LogP contribution in [0, 0.1) is 18.3 Å². The number of carbonyl (C=O) groups is 1. The van der Waals surface area contributed by atoms with Crippen molar-refractivity contribution in [1.29, 1.82) is 0 Å². The van der Waals surface area contributed by atoms with Crippen LogP contribution in [-0.2, 0) is 4.74 Å². The number of likely N-dealkylation sites (tertiary alicyclic amines) is 1. The molecule has 0 aromatic carbocycles. The third-order valence-corrected chi connectivity index (χ3v) is 6.80. The average molecular weight is 381 g/mol. The molecule has 2 saturated heterocycles. The molecule has 1 aliphatic carbocycles. The lowest BCUT2D eigenvalue weighted by Gasteiger charge is -2.64. The van der Waals surface area contributed by atoms with E-state index < -0.39 is 0 Å². The van der Waals surface area contributed by atoms with Gasteiger partial charge in [0.2, 0.25) is 0 Å². The number of amides is 2. The number of nitrogens with zero attached hydrogens (tertiary/aromatic N) is 4. The van der Waals surface area contributed by atoms with Crippen LogP contribution in [0.4, 0.5) is 10.6 Å². The molecular weight excluding hydrogens is 354 g/mol. The topological polar surface area (TPSA) is 72.3 Å². The van der Waals surface area contributed by atoms with E-state index in [1.165, 1.54) is 19.3 Å². The van der Waals surface area contributed by atoms with Crippen molar-refractivity contribution in [2.75, 3.05) is 25.1 Å². The van der Waals surface area contributed by atoms with Crippen LogP contribution in [0.15, 0.2) is 30.7 Å². The van der Waals surface area contributed by atoms with Crippen LogP contribution in [0.1, 0.15) is 37.7 Å². The number of nitrogens with one attached hydrogen (secondary N) is 1. The van der Waals surface area contributed by atoms with Gasteiger partial charge in [-0.1, -0.05) is 6.42 Å². The number of carbonyl (C=O) groups excluding carboxylic acids is 1. The number of anilines is 1. The zero-order valence-electron chi connectivity index (χ0n) is 16.3. The molecule has 148 valence electrons. The van der Waals surface area contributed by atoms with Gasteiger partial charge in [0.1, 0.15) is 0 Å². The summed E-state index contributed by atoms with van der Waals surface area (Å²) in [5.41, 5.74) is 2.19. The van der Waals surface area contributed by atoms with Gasteiger partial charge in [-0.05, 0) is 50.7 Å². The Balaban J connectivity index is 1.32. The Morgan fingerprint density at radius 1 is 1.32 bits per heavy atom. The summed E-state index contributed by atoms with van der Waals surface area (Å²) in [6, 6.07) is 4.16. The van der Waals surface area contributed by atoms with Crippen LogP contribution in [-0.4, -0.2) is 51.5 Å². The van der Waals surface area contributed by atoms with Gasteiger partial charge in [0.15, 0.2) is 5.82 Å². The van der Waals surface area contributed by atoms with E-state index in [-0.39, 0.29) is 6.03 Å². The summed E-state index contributed by atoms with van der Waals surface area (Å²) in [5, 5.41) is 7.63. The Labute approximate surface area is 165 Å². The molecule has 2 aromatic rings. The number of hydrogen-bond acceptors (Lipinski definition) is 4. The summed E-state index contributed by atoms with van der Waals surface area (Å²) < 4.78 is 7.31. The lowest BCUT2D eigenvalue weighted by atomic mass is 9.54. The van der Waals surface area contributed by atoms with Gasteiger partial charge < -0.3 is 9.64 Å². The fourth-order valence-corrected chi connectivity index (χ4v) is 5.20. The lowest BCUT2D eigenvalue weighted by molar-refractivity contribution is -0.135. The van der Waals surface area contributed by atoms with E-state index in [9.17, 15) is 4.79 Å². The molecular formula is C21H27N5O2. The number of aromatic nitrogens is 3. The number of urea groups is 1. The second-order valence-electron chi connectivity index (χ2n) is 8.49. The van der Waals surface area contributed by atoms with Crippen LogP contribution in [0.25, 0.3) is 5.69 Å². The van der Waals surface area contributed by atoms with Crippen molar-refractivity contribution in [2.24, 2.45) is 11.3 Å². The van der Waals surface area contributed by atoms with E-state index in [1.807, 2.05) is 25.3 Å². The van der Waals surface area contributed by atoms with E-state index in [1.54, 1.807) is 17.1 Å². The number of hydrogen-bond donors (Lipinski definition) is 1. The van der Waals surface area contributed by atoms with Crippen LogP contribution in [0.3, 0.4) is 0 Å². The fraction of sp³-hybridized carbons (Fsp3) is 0.571. The maximum absolute atomic E-state index is 13.1. The summed E-state index contributed by atoms with van der Waals surface area (Å²) in [4.78, 5) is 19.3. The summed E-state index contributed by atoms with van der Waals surface area (Å²) in [5.74, 6) is 1.18. The van der Waals surface area contributed by atoms with Crippen LogP contribution in [0.2, 0.25) is 0 Å². The molecule has 7 nitrogen and oxygen atoms in total. The molecule has 3 fully saturated rings. The second-order valence-corrected chi connectivity index (χ2v) is 8.49. The van der Waals surface area contributed by atoms with Crippen molar-refractivity contribution in [2.45, 2.75) is 45.1 Å². The first-order valence-electron chi connectivity index (χ1n) is 10.3. The third-order valence-electron chi connectivity index (χ3n) is 6.80. The lowest BCUT2D eigenvalue weighted by Crippen LogP contribution is -2.72. The quantitative estimate of drug-likeness (QED) is 0.885. The van der Waals surface area contributed by atoms with E-state index in [0.29, 0.717) is 23.2 Å². The smallest absolute Gasteiger partial charge is 0.323 e. The highest BCUT2D eigenvalue weighted by Gasteiger charge is 2.59. The number of pyridine rings is 1. The van der Waals surface area contributed by atoms with Gasteiger partial charge in [0.25, 0.3) is 0 Å². The van der Waals surface area contributed by atoms with E-state index in [4.69, 9.17) is 4.74 Å². The molecule has 1 unspecified atom stereocenters. The van der Waals surface area contributed by atoms with E-state index in [0.717, 1.165) is 43.9 Å². The highest BCUT2D eigenvalue weighted by molar-refractivity contribution is 5.90. The van der Waals surface area contributed by atoms with Crippen LogP contribution < -0.4 is 5.32 Å². The van der Waals surface area contributed by atoms with Crippen LogP contribution in [0.5, 0.6) is 0 Å². The van der Waals surface area contributed by atoms with Gasteiger partial charge in [0.05, 0.1) is 11.9 Å². The molecule has 1 N–H and O–H groups in total. The van der Waals surface area contributed by atoms with E-state index in [2.05, 4.69) is 20.3 Å². The molecule has 0 radical (unpaired) electrons. The normalized spacial score (nSPS) is 23.9. The summed E-state index contributed by atoms with van der Waals surface area (Å²) >= 11 is 0. The van der Waals surface area contributed by atoms with Gasteiger partial charge in [-0.3, -0.25) is 10.3 Å². The van der Waals surface area contributed by atoms with Gasteiger partial charge >= 0.3 is 6.03 Å². The van der Waals surface area contributed by atoms with E-state index >= 15 is 0 Å². The van der Waals surface area contributed by atoms with Crippen molar-refractivity contribution < 1.29 is 9.53 Å². The maximum atomic E-state index is 13.1. The average Bonchev–Trinajstić information content (AvgIpc) is 3.02. The van der Waals surface area contributed by atoms with Crippen molar-refractivity contribution in [1.82, 2.24) is 19.7 Å². The minimum Gasteiger partial charge on any atom is -0.381 e. The van der Waals surface area contributed by atoms with Crippen molar-refractivity contribution in [3.63, 3.8) is 0 Å². The first-order valence-corrected chi connectivity index (χ1v) is 10.3. The number of rotatable bonds is 3. The molecule has 2 aromatic heterocycles. The molecule has 1 atom stereocenters. The molecule has 7 heteroatoms. The Morgan fingerprint density at radius 3 is 2.82 bits per heavy atom. The second kappa shape index (κ2) is 6.88. The minimum absolute atomic E-state index is 0.0199. The Bertz CT molecular complexity index is 855. The predicted molar refractivity (Wildman–Crippen MR) is 105 cm³/mol. The first-order chi connectivity index (χ1) is 13.7. The molecule has 0 bridgehead atoms. The number of ether oxygens (including phenoxy) is 1. The Morgan fingerprint density at radius 2 is 2.14 bits per heavy atom. The molecule has 2 amide bonds. The van der Waals surface area contributed by atoms with Gasteiger partial charge in [-0.25, -0.2) is 9.48 Å². The predicted octanol–water partition coefficient (Wildman–Crippen LogP) is 3.39. The van der Waals surface area contributed by atoms with Crippen molar-refractivity contribution >= 4 is 11.8 Å². The maximum Gasteiger partial charge on any atom is 0.323 e. The number of aryl methyl sites for hydroxylation is 1. The zero-order chi connectivity index (χ0) is 19.1. The molecule has 28 heavy (non-hydrogen) atoms. The zero-order valence-corrected chi connectivity index (χ0v) is 16.3. The Hall–Kier alpha value is -2.41. The molecule has 1 saturated carbocycles. The molecule has 2 aliphatic heterocycles. The third kappa shape index (κ3) is 2.89. The summed E-state index contributed by atoms with van der Waals surface area (Å²) in [6.07, 6.45) is 11.3. The molecule has 3 aliphatic rings. The van der Waals surface area contributed by atoms with Gasteiger partial charge in [-0.15, -0.1) is 5.10 Å². The molecule has 5 rings (SSSR count). The SMILES string of the molecule is Cc1cn(-c2cccnc2)nc1NC(=O)N1CC2(CCC2)C1C1CCOCC1. The van der Waals surface area contributed by atoms with Gasteiger partial charge in [-0.2, -0.15) is 0 Å². The highest BCUT2D eigenvalue weighted by Crippen LogP contribution is 2.56. The standard InChI is InChI=1S/C21H27N5O2/c1-15-13-26(17-4-2-9-22-12-17)24-19(15)23-20(27)25-14-21(7-3-8-21)18(25)16-5-10-28-11-6-16/h2,4,9,12-13,16,18H,3,5-8,10-11,14H2,1H3,(H,23,24,27). The van der Waals surface area contributed by atoms with Crippen LogP contribution >= 0.6 is 0 Å². The fourth-order valence-electron chi connectivity index (χ4n) is 5.20. The molecule has 1 spiro atoms. The summed E-state index contributed by atoms with van der Waals surface area (Å²) in [7, 11) is 0. The largest absolute Gasteiger partial charge is 0.381 e. The Kier molecular flexibility index (Phi) is 4.34. The van der Waals surface area contributed by atoms with Crippen molar-refractivity contribution in [3.8, 4) is 5.69 Å². The summed E-state index contributed by atoms with van der Waals surface area (Å²) in [6.45, 7) is 4.49. The minimum atomic E-state index is -0.0199. The van der Waals surface area contributed by atoms with Gasteiger partial charge in [0, 0.05) is 49.2 Å². The highest BCUT2D eigenvalue weighted by atomic mass is 16.5.